The molecule has 0 saturated heterocycles. The van der Waals surface area contributed by atoms with Crippen molar-refractivity contribution >= 4 is 45.7 Å². The summed E-state index contributed by atoms with van der Waals surface area (Å²) in [6.45, 7) is 13.6. The molecule has 2 aliphatic heterocycles. The van der Waals surface area contributed by atoms with E-state index in [9.17, 15) is 0 Å². The summed E-state index contributed by atoms with van der Waals surface area (Å²) < 4.78 is 7.01. The number of rotatable bonds is 1. The second-order valence-electron chi connectivity index (χ2n) is 10.3. The molecule has 4 rings (SSSR count). The van der Waals surface area contributed by atoms with Gasteiger partial charge in [0.15, 0.2) is 5.82 Å². The van der Waals surface area contributed by atoms with Gasteiger partial charge in [-0.05, 0) is 24.6 Å². The van der Waals surface area contributed by atoms with Crippen LogP contribution in [0, 0.1) is 0 Å². The van der Waals surface area contributed by atoms with Crippen molar-refractivity contribution in [3.63, 3.8) is 0 Å². The summed E-state index contributed by atoms with van der Waals surface area (Å²) in [4.78, 5) is 30.8. The van der Waals surface area contributed by atoms with Gasteiger partial charge >= 0.3 is 0 Å². The molecule has 1 aromatic heterocycles. The Morgan fingerprint density at radius 1 is 1.09 bits per heavy atom. The first kappa shape index (κ1) is 28.9. The Morgan fingerprint density at radius 3 is 2.26 bits per heavy atom. The van der Waals surface area contributed by atoms with Gasteiger partial charge in [-0.25, -0.2) is 4.98 Å². The van der Waals surface area contributed by atoms with Crippen LogP contribution in [0.3, 0.4) is 0 Å². The second-order valence-corrected chi connectivity index (χ2v) is 12.3. The third kappa shape index (κ3) is 6.88. The molecule has 1 spiro atoms. The lowest BCUT2D eigenvalue weighted by atomic mass is 9.82. The molecule has 1 atom stereocenters. The Morgan fingerprint density at radius 2 is 1.71 bits per heavy atom. The van der Waals surface area contributed by atoms with Crippen molar-refractivity contribution in [1.29, 1.82) is 0 Å². The van der Waals surface area contributed by atoms with E-state index in [0.29, 0.717) is 6.61 Å². The average molecular weight is 569 g/mol. The Bertz CT molecular complexity index is 1030. The number of imidazole rings is 1. The van der Waals surface area contributed by atoms with Gasteiger partial charge in [0.25, 0.3) is 12.9 Å². The highest BCUT2D eigenvalue weighted by Crippen LogP contribution is 2.47. The zero-order valence-corrected chi connectivity index (χ0v) is 23.4. The van der Waals surface area contributed by atoms with Crippen LogP contribution in [-0.4, -0.2) is 50.5 Å². The summed E-state index contributed by atoms with van der Waals surface area (Å²) >= 11 is 5.44. The van der Waals surface area contributed by atoms with Crippen LogP contribution in [0.4, 0.5) is 0 Å². The molecule has 2 aliphatic rings. The van der Waals surface area contributed by atoms with Crippen LogP contribution in [0.25, 0.3) is 0 Å². The Kier molecular flexibility index (Phi) is 9.58. The minimum Gasteiger partial charge on any atom is -0.493 e. The van der Waals surface area contributed by atoms with Crippen molar-refractivity contribution in [1.82, 2.24) is 9.97 Å². The van der Waals surface area contributed by atoms with Gasteiger partial charge in [0.05, 0.1) is 17.8 Å². The van der Waals surface area contributed by atoms with Crippen molar-refractivity contribution in [2.45, 2.75) is 70.8 Å². The molecular weight excluding hydrogens is 534 g/mol. The molecule has 3 heterocycles. The summed E-state index contributed by atoms with van der Waals surface area (Å²) in [6, 6.07) is 6.27. The number of nitrogens with zero attached hydrogens (tertiary/aromatic N) is 2. The maximum atomic E-state index is 8.36. The number of hydrogen-bond acceptors (Lipinski definition) is 6. The van der Waals surface area contributed by atoms with Crippen LogP contribution >= 0.6 is 27.7 Å². The van der Waals surface area contributed by atoms with Crippen molar-refractivity contribution in [3.05, 3.63) is 45.4 Å². The normalized spacial score (nSPS) is 19.1. The van der Waals surface area contributed by atoms with Crippen LogP contribution in [0.5, 0.6) is 5.75 Å². The maximum absolute atomic E-state index is 8.36. The second kappa shape index (κ2) is 11.6. The van der Waals surface area contributed by atoms with E-state index in [2.05, 4.69) is 74.6 Å². The van der Waals surface area contributed by atoms with Crippen LogP contribution < -0.4 is 4.74 Å². The number of benzene rings is 1. The summed E-state index contributed by atoms with van der Waals surface area (Å²) in [5, 5.41) is 14.8. The number of fused-ring (bicyclic) bond motifs is 2. The van der Waals surface area contributed by atoms with Gasteiger partial charge in [0.1, 0.15) is 10.8 Å². The topological polar surface area (TPSA) is 125 Å². The smallest absolute Gasteiger partial charge is 0.290 e. The summed E-state index contributed by atoms with van der Waals surface area (Å²) in [6.07, 6.45) is 1.92. The largest absolute Gasteiger partial charge is 0.493 e. The predicted molar refractivity (Wildman–Crippen MR) is 143 cm³/mol. The lowest BCUT2D eigenvalue weighted by Gasteiger charge is -2.38. The van der Waals surface area contributed by atoms with E-state index < -0.39 is 0 Å². The number of nitrogens with one attached hydrogen (secondary N) is 1. The van der Waals surface area contributed by atoms with E-state index in [1.165, 1.54) is 11.3 Å². The highest BCUT2D eigenvalue weighted by Gasteiger charge is 2.41. The molecule has 1 aromatic carbocycles. The quantitative estimate of drug-likeness (QED) is 0.375. The van der Waals surface area contributed by atoms with Crippen molar-refractivity contribution in [2.75, 3.05) is 12.4 Å². The van der Waals surface area contributed by atoms with Gasteiger partial charge in [-0.1, -0.05) is 57.5 Å². The molecule has 0 radical (unpaired) electrons. The van der Waals surface area contributed by atoms with Crippen LogP contribution in [0.15, 0.2) is 27.7 Å². The first-order valence-corrected chi connectivity index (χ1v) is 13.0. The maximum Gasteiger partial charge on any atom is 0.290 e. The highest BCUT2D eigenvalue weighted by atomic mass is 79.9. The van der Waals surface area contributed by atoms with Crippen LogP contribution in [0.1, 0.15) is 77.2 Å². The SMILES string of the molecule is CC(C)(C)c1nc(C2=NC3(CCOc4ccc(Br)cc43)CCS2)[nH]c1C(C)(C)C.O=CO.O=CO. The van der Waals surface area contributed by atoms with Gasteiger partial charge in [0.2, 0.25) is 0 Å². The molecule has 35 heavy (non-hydrogen) atoms. The summed E-state index contributed by atoms with van der Waals surface area (Å²) in [5.74, 6) is 2.90. The summed E-state index contributed by atoms with van der Waals surface area (Å²) in [5.41, 5.74) is 3.28. The number of halogens is 1. The Labute approximate surface area is 219 Å². The van der Waals surface area contributed by atoms with E-state index in [1.54, 1.807) is 0 Å². The van der Waals surface area contributed by atoms with E-state index in [0.717, 1.165) is 45.4 Å². The van der Waals surface area contributed by atoms with Crippen molar-refractivity contribution in [3.8, 4) is 5.75 Å². The van der Waals surface area contributed by atoms with Gasteiger partial charge < -0.3 is 19.9 Å². The van der Waals surface area contributed by atoms with Crippen LogP contribution in [-0.2, 0) is 26.0 Å². The molecule has 0 bridgehead atoms. The molecule has 0 fully saturated rings. The lowest BCUT2D eigenvalue weighted by Crippen LogP contribution is -2.35. The van der Waals surface area contributed by atoms with E-state index in [4.69, 9.17) is 34.5 Å². The number of aromatic amines is 1. The number of hydrogen-bond donors (Lipinski definition) is 3. The third-order valence-corrected chi connectivity index (χ3v) is 7.11. The molecule has 8 nitrogen and oxygen atoms in total. The van der Waals surface area contributed by atoms with E-state index in [-0.39, 0.29) is 29.3 Å². The Hall–Kier alpha value is -2.33. The summed E-state index contributed by atoms with van der Waals surface area (Å²) in [7, 11) is 0. The number of carboxylic acid groups (broad SMARTS) is 2. The first-order chi connectivity index (χ1) is 16.3. The van der Waals surface area contributed by atoms with Crippen molar-refractivity contribution < 1.29 is 24.5 Å². The van der Waals surface area contributed by atoms with Crippen LogP contribution in [0.2, 0.25) is 0 Å². The number of thioether (sulfide) groups is 1. The molecule has 0 saturated carbocycles. The molecular formula is C25H34BrN3O5S. The molecule has 3 N–H and O–H groups in total. The average Bonchev–Trinajstić information content (AvgIpc) is 3.23. The molecule has 0 amide bonds. The fourth-order valence-corrected chi connectivity index (χ4v) is 5.58. The molecule has 2 aromatic rings. The number of ether oxygens (including phenoxy) is 1. The fourth-order valence-electron chi connectivity index (χ4n) is 4.11. The number of aliphatic imine (C=N–C) groups is 1. The monoisotopic (exact) mass is 567 g/mol. The standard InChI is InChI=1S/C23H30BrN3OS.2CH2O2/c1-21(2,3)17-18(22(4,5)6)26-19(25-17)20-27-23(10-12-29-20)9-11-28-16-8-7-14(24)13-15(16)23;2*2-1-3/h7-8,13H,9-12H2,1-6H3,(H,25,26);2*1H,(H,2,3). The fraction of sp³-hybridized carbons (Fsp3) is 0.520. The molecule has 0 aliphatic carbocycles. The number of aromatic nitrogens is 2. The lowest BCUT2D eigenvalue weighted by molar-refractivity contribution is -0.123. The predicted octanol–water partition coefficient (Wildman–Crippen LogP) is 5.73. The third-order valence-electron chi connectivity index (χ3n) is 5.65. The first-order valence-electron chi connectivity index (χ1n) is 11.3. The molecule has 192 valence electrons. The van der Waals surface area contributed by atoms with E-state index >= 15 is 0 Å². The minimum atomic E-state index is -0.250. The minimum absolute atomic E-state index is 0.00157. The Balaban J connectivity index is 0.000000655. The molecule has 10 heteroatoms. The van der Waals surface area contributed by atoms with Gasteiger partial charge in [-0.3, -0.25) is 14.6 Å². The number of carbonyl (C=O) groups is 2. The van der Waals surface area contributed by atoms with Gasteiger partial charge in [-0.2, -0.15) is 0 Å². The molecule has 1 unspecified atom stereocenters. The number of H-pyrrole nitrogens is 1. The van der Waals surface area contributed by atoms with Gasteiger partial charge in [-0.15, -0.1) is 11.8 Å². The van der Waals surface area contributed by atoms with E-state index in [1.807, 2.05) is 17.8 Å². The zero-order chi connectivity index (χ0) is 26.4. The van der Waals surface area contributed by atoms with Crippen molar-refractivity contribution in [2.24, 2.45) is 4.99 Å². The zero-order valence-electron chi connectivity index (χ0n) is 21.0. The van der Waals surface area contributed by atoms with Gasteiger partial charge in [0, 0.05) is 38.7 Å². The highest BCUT2D eigenvalue weighted by molar-refractivity contribution is 9.10.